The summed E-state index contributed by atoms with van der Waals surface area (Å²) in [5.74, 6) is 1.91. The molecular weight excluding hydrogens is 382 g/mol. The number of benzene rings is 1. The quantitative estimate of drug-likeness (QED) is 0.745. The van der Waals surface area contributed by atoms with Gasteiger partial charge in [-0.2, -0.15) is 0 Å². The predicted molar refractivity (Wildman–Crippen MR) is 111 cm³/mol. The van der Waals surface area contributed by atoms with Crippen LogP contribution in [0.4, 0.5) is 0 Å². The Bertz CT molecular complexity index is 948. The summed E-state index contributed by atoms with van der Waals surface area (Å²) in [6, 6.07) is 7.61. The molecule has 2 aliphatic heterocycles. The number of carbonyl (C=O) groups excluding carboxylic acids is 2. The number of aromatic nitrogens is 3. The fraction of sp³-hybridized carbons (Fsp3) is 0.545. The van der Waals surface area contributed by atoms with Crippen molar-refractivity contribution in [2.24, 2.45) is 18.4 Å². The highest BCUT2D eigenvalue weighted by molar-refractivity contribution is 5.81. The number of nitrogens with zero attached hydrogens (tertiary/aromatic N) is 5. The Hall–Kier alpha value is -2.90. The first kappa shape index (κ1) is 20.4. The fourth-order valence-corrected chi connectivity index (χ4v) is 4.74. The van der Waals surface area contributed by atoms with Gasteiger partial charge in [0, 0.05) is 50.5 Å². The summed E-state index contributed by atoms with van der Waals surface area (Å²) in [4.78, 5) is 29.4. The van der Waals surface area contributed by atoms with Gasteiger partial charge in [0.2, 0.25) is 11.8 Å². The van der Waals surface area contributed by atoms with Crippen LogP contribution in [0.2, 0.25) is 0 Å². The molecule has 3 heterocycles. The van der Waals surface area contributed by atoms with E-state index in [0.29, 0.717) is 32.6 Å². The molecule has 1 aromatic carbocycles. The van der Waals surface area contributed by atoms with E-state index in [2.05, 4.69) is 10.2 Å². The molecule has 0 bridgehead atoms. The van der Waals surface area contributed by atoms with Crippen LogP contribution in [0.5, 0.6) is 5.75 Å². The van der Waals surface area contributed by atoms with Crippen LogP contribution < -0.4 is 4.74 Å². The molecule has 0 aliphatic carbocycles. The number of hydrogen-bond acceptors (Lipinski definition) is 5. The fourth-order valence-electron chi connectivity index (χ4n) is 4.74. The number of methoxy groups -OCH3 is 1. The highest BCUT2D eigenvalue weighted by atomic mass is 16.5. The molecule has 8 nitrogen and oxygen atoms in total. The lowest BCUT2D eigenvalue weighted by Gasteiger charge is -2.50. The molecule has 0 saturated carbocycles. The van der Waals surface area contributed by atoms with Gasteiger partial charge in [0.25, 0.3) is 0 Å². The molecule has 2 aliphatic rings. The molecule has 2 fully saturated rings. The Labute approximate surface area is 176 Å². The van der Waals surface area contributed by atoms with Gasteiger partial charge in [-0.05, 0) is 17.7 Å². The predicted octanol–water partition coefficient (Wildman–Crippen LogP) is 1.48. The van der Waals surface area contributed by atoms with Gasteiger partial charge in [0.15, 0.2) is 0 Å². The molecule has 2 amide bonds. The zero-order valence-electron chi connectivity index (χ0n) is 18.0. The maximum absolute atomic E-state index is 12.9. The SMILES string of the molecule is COc1cccc(CC(=O)N2CC3(C2)CN(C(=O)C(C)C)CC3c2nncn2C)c1. The van der Waals surface area contributed by atoms with Crippen LogP contribution >= 0.6 is 0 Å². The average Bonchev–Trinajstić information content (AvgIpc) is 3.29. The van der Waals surface area contributed by atoms with Gasteiger partial charge in [-0.1, -0.05) is 26.0 Å². The molecular formula is C22H29N5O3. The highest BCUT2D eigenvalue weighted by Crippen LogP contribution is 2.49. The molecule has 2 aromatic rings. The van der Waals surface area contributed by atoms with Gasteiger partial charge in [-0.25, -0.2) is 0 Å². The summed E-state index contributed by atoms with van der Waals surface area (Å²) in [6.45, 7) is 6.40. The second kappa shape index (κ2) is 7.74. The minimum absolute atomic E-state index is 0.0498. The maximum Gasteiger partial charge on any atom is 0.227 e. The van der Waals surface area contributed by atoms with Crippen molar-refractivity contribution < 1.29 is 14.3 Å². The largest absolute Gasteiger partial charge is 0.497 e. The van der Waals surface area contributed by atoms with Crippen LogP contribution in [-0.4, -0.2) is 69.7 Å². The van der Waals surface area contributed by atoms with Crippen molar-refractivity contribution in [3.8, 4) is 5.75 Å². The summed E-state index contributed by atoms with van der Waals surface area (Å²) in [5, 5.41) is 8.37. The Balaban J connectivity index is 1.49. The lowest BCUT2D eigenvalue weighted by atomic mass is 9.71. The Morgan fingerprint density at radius 1 is 1.23 bits per heavy atom. The normalized spacial score (nSPS) is 20.0. The smallest absolute Gasteiger partial charge is 0.227 e. The van der Waals surface area contributed by atoms with Crippen molar-refractivity contribution in [3.63, 3.8) is 0 Å². The first-order chi connectivity index (χ1) is 14.3. The van der Waals surface area contributed by atoms with Crippen LogP contribution in [0, 0.1) is 11.3 Å². The summed E-state index contributed by atoms with van der Waals surface area (Å²) in [7, 11) is 3.55. The lowest BCUT2D eigenvalue weighted by molar-refractivity contribution is -0.143. The molecule has 1 aromatic heterocycles. The van der Waals surface area contributed by atoms with E-state index in [-0.39, 0.29) is 29.1 Å². The Morgan fingerprint density at radius 2 is 1.97 bits per heavy atom. The van der Waals surface area contributed by atoms with E-state index in [1.54, 1.807) is 13.4 Å². The van der Waals surface area contributed by atoms with E-state index >= 15 is 0 Å². The topological polar surface area (TPSA) is 80.6 Å². The van der Waals surface area contributed by atoms with Crippen LogP contribution in [0.1, 0.15) is 31.2 Å². The molecule has 1 spiro atoms. The Morgan fingerprint density at radius 3 is 2.60 bits per heavy atom. The minimum Gasteiger partial charge on any atom is -0.497 e. The van der Waals surface area contributed by atoms with Crippen molar-refractivity contribution in [2.45, 2.75) is 26.2 Å². The zero-order valence-corrected chi connectivity index (χ0v) is 18.0. The zero-order chi connectivity index (χ0) is 21.5. The summed E-state index contributed by atoms with van der Waals surface area (Å²) >= 11 is 0. The van der Waals surface area contributed by atoms with E-state index in [4.69, 9.17) is 4.74 Å². The van der Waals surface area contributed by atoms with Crippen molar-refractivity contribution >= 4 is 11.8 Å². The van der Waals surface area contributed by atoms with Crippen molar-refractivity contribution in [3.05, 3.63) is 42.0 Å². The van der Waals surface area contributed by atoms with Gasteiger partial charge in [0.1, 0.15) is 17.9 Å². The number of carbonyl (C=O) groups is 2. The number of rotatable bonds is 5. The van der Waals surface area contributed by atoms with Gasteiger partial charge in [-0.3, -0.25) is 9.59 Å². The van der Waals surface area contributed by atoms with Crippen LogP contribution in [0.25, 0.3) is 0 Å². The number of aryl methyl sites for hydroxylation is 1. The third-order valence-electron chi connectivity index (χ3n) is 6.37. The molecule has 8 heteroatoms. The molecule has 1 atom stereocenters. The second-order valence-electron chi connectivity index (χ2n) is 8.87. The standard InChI is InChI=1S/C22H29N5O3/c1-15(2)21(29)26-10-18(20-24-23-14-25(20)3)22(11-26)12-27(13-22)19(28)9-16-6-5-7-17(8-16)30-4/h5-8,14-15,18H,9-13H2,1-4H3. The molecule has 0 N–H and O–H groups in total. The number of likely N-dealkylation sites (tertiary alicyclic amines) is 2. The lowest BCUT2D eigenvalue weighted by Crippen LogP contribution is -2.62. The Kier molecular flexibility index (Phi) is 5.26. The van der Waals surface area contributed by atoms with Crippen LogP contribution in [-0.2, 0) is 23.1 Å². The van der Waals surface area contributed by atoms with Gasteiger partial charge < -0.3 is 19.1 Å². The first-order valence-electron chi connectivity index (χ1n) is 10.4. The third-order valence-corrected chi connectivity index (χ3v) is 6.37. The van der Waals surface area contributed by atoms with E-state index < -0.39 is 0 Å². The molecule has 1 unspecified atom stereocenters. The highest BCUT2D eigenvalue weighted by Gasteiger charge is 2.58. The van der Waals surface area contributed by atoms with Crippen LogP contribution in [0.3, 0.4) is 0 Å². The molecule has 160 valence electrons. The molecule has 30 heavy (non-hydrogen) atoms. The summed E-state index contributed by atoms with van der Waals surface area (Å²) in [5.41, 5.74) is 0.781. The van der Waals surface area contributed by atoms with E-state index in [0.717, 1.165) is 17.1 Å². The second-order valence-corrected chi connectivity index (χ2v) is 8.87. The summed E-state index contributed by atoms with van der Waals surface area (Å²) < 4.78 is 7.18. The van der Waals surface area contributed by atoms with Gasteiger partial charge in [0.05, 0.1) is 13.5 Å². The molecule has 0 radical (unpaired) electrons. The van der Waals surface area contributed by atoms with Crippen molar-refractivity contribution in [1.82, 2.24) is 24.6 Å². The maximum atomic E-state index is 12.9. The van der Waals surface area contributed by atoms with E-state index in [1.807, 2.05) is 59.5 Å². The van der Waals surface area contributed by atoms with E-state index in [1.165, 1.54) is 0 Å². The number of ether oxygens (including phenoxy) is 1. The molecule has 2 saturated heterocycles. The van der Waals surface area contributed by atoms with Gasteiger partial charge >= 0.3 is 0 Å². The number of amides is 2. The third kappa shape index (κ3) is 3.55. The first-order valence-corrected chi connectivity index (χ1v) is 10.4. The van der Waals surface area contributed by atoms with E-state index in [9.17, 15) is 9.59 Å². The van der Waals surface area contributed by atoms with Gasteiger partial charge in [-0.15, -0.1) is 10.2 Å². The summed E-state index contributed by atoms with van der Waals surface area (Å²) in [6.07, 6.45) is 2.04. The van der Waals surface area contributed by atoms with Crippen molar-refractivity contribution in [1.29, 1.82) is 0 Å². The van der Waals surface area contributed by atoms with Crippen LogP contribution in [0.15, 0.2) is 30.6 Å². The minimum atomic E-state index is -0.157. The monoisotopic (exact) mass is 411 g/mol. The average molecular weight is 412 g/mol. The number of hydrogen-bond donors (Lipinski definition) is 0. The van der Waals surface area contributed by atoms with Crippen molar-refractivity contribution in [2.75, 3.05) is 33.3 Å². The molecule has 4 rings (SSSR count).